The molecule has 30 heavy (non-hydrogen) atoms. The lowest BCUT2D eigenvalue weighted by atomic mass is 10.0. The molecule has 7 heteroatoms. The Bertz CT molecular complexity index is 848. The van der Waals surface area contributed by atoms with Crippen molar-refractivity contribution >= 4 is 28.9 Å². The first-order valence-electron chi connectivity index (χ1n) is 10.5. The number of aromatic carboxylic acids is 1. The van der Waals surface area contributed by atoms with E-state index in [0.29, 0.717) is 24.5 Å². The van der Waals surface area contributed by atoms with E-state index in [1.165, 1.54) is 11.3 Å². The number of hydrogen-bond acceptors (Lipinski definition) is 5. The van der Waals surface area contributed by atoms with Gasteiger partial charge in [-0.1, -0.05) is 38.3 Å². The Hall–Kier alpha value is -2.22. The Morgan fingerprint density at radius 2 is 2.07 bits per heavy atom. The largest absolute Gasteiger partial charge is 0.477 e. The van der Waals surface area contributed by atoms with E-state index in [2.05, 4.69) is 6.92 Å². The predicted molar refractivity (Wildman–Crippen MR) is 117 cm³/mol. The number of aliphatic hydroxyl groups excluding tert-OH is 1. The maximum Gasteiger partial charge on any atom is 0.345 e. The number of carbonyl (C=O) groups excluding carboxylic acids is 1. The number of amides is 1. The first kappa shape index (κ1) is 22.5. The number of carboxylic acid groups (broad SMARTS) is 1. The lowest BCUT2D eigenvalue weighted by Gasteiger charge is -2.25. The molecule has 2 N–H and O–H groups in total. The SMILES string of the molecule is CCCCC[C@@H](O)c1ccc(N2C(=O)CC[C@@H]2COCc2csc(C(=O)O)c2)cc1. The Labute approximate surface area is 181 Å². The first-order chi connectivity index (χ1) is 14.5. The average Bonchev–Trinajstić information content (AvgIpc) is 3.35. The van der Waals surface area contributed by atoms with E-state index in [9.17, 15) is 14.7 Å². The Morgan fingerprint density at radius 1 is 1.30 bits per heavy atom. The molecule has 0 aliphatic carbocycles. The van der Waals surface area contributed by atoms with Crippen LogP contribution < -0.4 is 4.90 Å². The van der Waals surface area contributed by atoms with Gasteiger partial charge in [0.15, 0.2) is 0 Å². The average molecular weight is 432 g/mol. The van der Waals surface area contributed by atoms with Crippen LogP contribution in [0.2, 0.25) is 0 Å². The fourth-order valence-electron chi connectivity index (χ4n) is 3.74. The van der Waals surface area contributed by atoms with Gasteiger partial charge in [0.05, 0.1) is 25.4 Å². The summed E-state index contributed by atoms with van der Waals surface area (Å²) in [6, 6.07) is 9.16. The number of thiophene rings is 1. The van der Waals surface area contributed by atoms with E-state index in [1.807, 2.05) is 24.3 Å². The molecule has 6 nitrogen and oxygen atoms in total. The molecule has 1 aliphatic rings. The highest BCUT2D eigenvalue weighted by Gasteiger charge is 2.32. The summed E-state index contributed by atoms with van der Waals surface area (Å²) in [5, 5.41) is 21.1. The van der Waals surface area contributed by atoms with E-state index >= 15 is 0 Å². The first-order valence-corrected chi connectivity index (χ1v) is 11.4. The van der Waals surface area contributed by atoms with Gasteiger partial charge in [-0.3, -0.25) is 4.79 Å². The van der Waals surface area contributed by atoms with Gasteiger partial charge in [-0.05, 0) is 47.5 Å². The number of nitrogens with zero attached hydrogens (tertiary/aromatic N) is 1. The normalized spacial score (nSPS) is 17.5. The molecule has 1 aliphatic heterocycles. The lowest BCUT2D eigenvalue weighted by molar-refractivity contribution is -0.117. The van der Waals surface area contributed by atoms with E-state index in [0.717, 1.165) is 48.9 Å². The molecule has 2 heterocycles. The van der Waals surface area contributed by atoms with E-state index < -0.39 is 12.1 Å². The van der Waals surface area contributed by atoms with Gasteiger partial charge in [-0.15, -0.1) is 11.3 Å². The number of rotatable bonds is 11. The van der Waals surface area contributed by atoms with Gasteiger partial charge in [0.2, 0.25) is 5.91 Å². The molecule has 0 spiro atoms. The van der Waals surface area contributed by atoms with Crippen molar-refractivity contribution in [2.75, 3.05) is 11.5 Å². The van der Waals surface area contributed by atoms with Crippen LogP contribution in [-0.2, 0) is 16.1 Å². The summed E-state index contributed by atoms with van der Waals surface area (Å²) in [7, 11) is 0. The molecule has 1 aromatic carbocycles. The zero-order valence-corrected chi connectivity index (χ0v) is 18.1. The quantitative estimate of drug-likeness (QED) is 0.500. The minimum Gasteiger partial charge on any atom is -0.477 e. The summed E-state index contributed by atoms with van der Waals surface area (Å²) in [5.41, 5.74) is 2.52. The Balaban J connectivity index is 1.56. The zero-order valence-electron chi connectivity index (χ0n) is 17.3. The summed E-state index contributed by atoms with van der Waals surface area (Å²) in [4.78, 5) is 25.5. The maximum absolute atomic E-state index is 12.4. The van der Waals surface area contributed by atoms with Crippen molar-refractivity contribution in [1.29, 1.82) is 0 Å². The molecule has 3 rings (SSSR count). The zero-order chi connectivity index (χ0) is 21.5. The molecule has 0 unspecified atom stereocenters. The number of unbranched alkanes of at least 4 members (excludes halogenated alkanes) is 2. The molecular weight excluding hydrogens is 402 g/mol. The van der Waals surface area contributed by atoms with Crippen LogP contribution in [0, 0.1) is 0 Å². The molecule has 1 amide bonds. The van der Waals surface area contributed by atoms with Crippen LogP contribution in [0.25, 0.3) is 0 Å². The van der Waals surface area contributed by atoms with Crippen molar-refractivity contribution in [2.45, 2.75) is 64.2 Å². The van der Waals surface area contributed by atoms with Gasteiger partial charge in [-0.2, -0.15) is 0 Å². The number of ether oxygens (including phenoxy) is 1. The Morgan fingerprint density at radius 3 is 2.73 bits per heavy atom. The van der Waals surface area contributed by atoms with E-state index in [-0.39, 0.29) is 11.9 Å². The molecule has 1 fully saturated rings. The summed E-state index contributed by atoms with van der Waals surface area (Å²) >= 11 is 1.18. The third kappa shape index (κ3) is 5.68. The maximum atomic E-state index is 12.4. The van der Waals surface area contributed by atoms with Gasteiger partial charge in [0, 0.05) is 12.1 Å². The van der Waals surface area contributed by atoms with E-state index in [4.69, 9.17) is 9.84 Å². The highest BCUT2D eigenvalue weighted by Crippen LogP contribution is 2.29. The standard InChI is InChI=1S/C23H29NO5S/c1-2-3-4-5-20(25)17-6-8-18(9-7-17)24-19(10-11-22(24)26)14-29-13-16-12-21(23(27)28)30-15-16/h6-9,12,15,19-20,25H,2-5,10-11,13-14H2,1H3,(H,27,28)/t19-,20-/m1/s1. The molecule has 2 atom stereocenters. The molecule has 0 bridgehead atoms. The fourth-order valence-corrected chi connectivity index (χ4v) is 4.48. The number of hydrogen-bond donors (Lipinski definition) is 2. The van der Waals surface area contributed by atoms with Crippen molar-refractivity contribution in [3.05, 3.63) is 51.7 Å². The minimum absolute atomic E-state index is 0.0459. The fraction of sp³-hybridized carbons (Fsp3) is 0.478. The molecule has 0 radical (unpaired) electrons. The third-order valence-corrected chi connectivity index (χ3v) is 6.37. The topological polar surface area (TPSA) is 87.1 Å². The number of carbonyl (C=O) groups is 2. The van der Waals surface area contributed by atoms with Crippen molar-refractivity contribution < 1.29 is 24.5 Å². The molecule has 1 saturated heterocycles. The van der Waals surface area contributed by atoms with Gasteiger partial charge in [0.25, 0.3) is 0 Å². The number of aliphatic hydroxyl groups is 1. The minimum atomic E-state index is -0.933. The molecule has 0 saturated carbocycles. The highest BCUT2D eigenvalue weighted by atomic mass is 32.1. The monoisotopic (exact) mass is 431 g/mol. The van der Waals surface area contributed by atoms with Crippen LogP contribution in [0.4, 0.5) is 5.69 Å². The highest BCUT2D eigenvalue weighted by molar-refractivity contribution is 7.12. The van der Waals surface area contributed by atoms with Crippen molar-refractivity contribution in [3.63, 3.8) is 0 Å². The van der Waals surface area contributed by atoms with Crippen molar-refractivity contribution in [1.82, 2.24) is 0 Å². The summed E-state index contributed by atoms with van der Waals surface area (Å²) in [5.74, 6) is -0.860. The summed E-state index contributed by atoms with van der Waals surface area (Å²) < 4.78 is 5.79. The van der Waals surface area contributed by atoms with Crippen LogP contribution in [0.3, 0.4) is 0 Å². The van der Waals surface area contributed by atoms with Crippen LogP contribution in [-0.4, -0.2) is 34.7 Å². The smallest absolute Gasteiger partial charge is 0.345 e. The second kappa shape index (κ2) is 10.7. The van der Waals surface area contributed by atoms with Gasteiger partial charge in [-0.25, -0.2) is 4.79 Å². The molecular formula is C23H29NO5S. The molecule has 2 aromatic rings. The third-order valence-electron chi connectivity index (χ3n) is 5.41. The van der Waals surface area contributed by atoms with Gasteiger partial charge in [0.1, 0.15) is 4.88 Å². The molecule has 162 valence electrons. The number of anilines is 1. The van der Waals surface area contributed by atoms with Gasteiger partial charge >= 0.3 is 5.97 Å². The summed E-state index contributed by atoms with van der Waals surface area (Å²) in [6.07, 6.45) is 4.73. The Kier molecular flexibility index (Phi) is 8.01. The van der Waals surface area contributed by atoms with Crippen LogP contribution in [0.15, 0.2) is 35.7 Å². The number of carboxylic acids is 1. The van der Waals surface area contributed by atoms with Crippen LogP contribution in [0.1, 0.15) is 72.4 Å². The second-order valence-electron chi connectivity index (χ2n) is 7.70. The van der Waals surface area contributed by atoms with Crippen LogP contribution in [0.5, 0.6) is 0 Å². The lowest BCUT2D eigenvalue weighted by Crippen LogP contribution is -2.36. The molecule has 1 aromatic heterocycles. The van der Waals surface area contributed by atoms with Crippen molar-refractivity contribution in [2.24, 2.45) is 0 Å². The van der Waals surface area contributed by atoms with Crippen LogP contribution >= 0.6 is 11.3 Å². The van der Waals surface area contributed by atoms with Gasteiger partial charge < -0.3 is 19.8 Å². The van der Waals surface area contributed by atoms with Crippen molar-refractivity contribution in [3.8, 4) is 0 Å². The predicted octanol–water partition coefficient (Wildman–Crippen LogP) is 4.77. The second-order valence-corrected chi connectivity index (χ2v) is 8.61. The number of benzene rings is 1. The van der Waals surface area contributed by atoms with E-state index in [1.54, 1.807) is 16.3 Å². The summed E-state index contributed by atoms with van der Waals surface area (Å²) in [6.45, 7) is 2.86.